The van der Waals surface area contributed by atoms with Crippen molar-refractivity contribution in [2.75, 3.05) is 13.6 Å². The average Bonchev–Trinajstić information content (AvgIpc) is 2.24. The van der Waals surface area contributed by atoms with Crippen molar-refractivity contribution < 1.29 is 14.7 Å². The van der Waals surface area contributed by atoms with Gasteiger partial charge in [-0.3, -0.25) is 4.79 Å². The highest BCUT2D eigenvalue weighted by atomic mass is 16.4. The zero-order valence-corrected chi connectivity index (χ0v) is 9.86. The minimum Gasteiger partial charge on any atom is -0.481 e. The highest BCUT2D eigenvalue weighted by Gasteiger charge is 2.18. The molecule has 0 aromatic rings. The van der Waals surface area contributed by atoms with Gasteiger partial charge in [-0.25, -0.2) is 4.79 Å². The van der Waals surface area contributed by atoms with Crippen LogP contribution < -0.4 is 5.32 Å². The van der Waals surface area contributed by atoms with E-state index in [-0.39, 0.29) is 18.6 Å². The van der Waals surface area contributed by atoms with Crippen LogP contribution in [0.2, 0.25) is 0 Å². The Hall–Kier alpha value is -1.70. The molecule has 0 heterocycles. The summed E-state index contributed by atoms with van der Waals surface area (Å²) >= 11 is 0. The molecule has 2 unspecified atom stereocenters. The molecule has 0 bridgehead atoms. The zero-order valence-electron chi connectivity index (χ0n) is 9.86. The van der Waals surface area contributed by atoms with Crippen molar-refractivity contribution in [3.8, 4) is 12.3 Å². The van der Waals surface area contributed by atoms with Crippen molar-refractivity contribution in [1.82, 2.24) is 10.2 Å². The van der Waals surface area contributed by atoms with Gasteiger partial charge in [-0.15, -0.1) is 6.42 Å². The monoisotopic (exact) mass is 226 g/mol. The number of nitrogens with zero attached hydrogens (tertiary/aromatic N) is 1. The van der Waals surface area contributed by atoms with Gasteiger partial charge >= 0.3 is 12.0 Å². The maximum absolute atomic E-state index is 11.6. The Morgan fingerprint density at radius 2 is 2.12 bits per heavy atom. The highest BCUT2D eigenvalue weighted by molar-refractivity contribution is 5.76. The van der Waals surface area contributed by atoms with Crippen molar-refractivity contribution in [2.24, 2.45) is 5.92 Å². The molecule has 0 aromatic carbocycles. The maximum atomic E-state index is 11.6. The Balaban J connectivity index is 4.19. The number of aliphatic carboxylic acids is 1. The second-order valence-corrected chi connectivity index (χ2v) is 3.70. The Kier molecular flexibility index (Phi) is 6.01. The lowest BCUT2D eigenvalue weighted by Crippen LogP contribution is -2.44. The number of carboxylic acids is 1. The molecule has 0 saturated carbocycles. The van der Waals surface area contributed by atoms with E-state index in [0.29, 0.717) is 6.42 Å². The van der Waals surface area contributed by atoms with E-state index in [9.17, 15) is 9.59 Å². The lowest BCUT2D eigenvalue weighted by molar-refractivity contribution is -0.141. The van der Waals surface area contributed by atoms with Gasteiger partial charge in [0.25, 0.3) is 0 Å². The summed E-state index contributed by atoms with van der Waals surface area (Å²) in [7, 11) is 1.54. The van der Waals surface area contributed by atoms with Crippen LogP contribution in [-0.2, 0) is 4.79 Å². The predicted octanol–water partition coefficient (Wildman–Crippen LogP) is 0.760. The summed E-state index contributed by atoms with van der Waals surface area (Å²) in [5.41, 5.74) is 0. The fourth-order valence-corrected chi connectivity index (χ4v) is 1.09. The van der Waals surface area contributed by atoms with Gasteiger partial charge in [0.05, 0.1) is 12.0 Å². The van der Waals surface area contributed by atoms with Crippen LogP contribution in [0.25, 0.3) is 0 Å². The molecule has 5 nitrogen and oxygen atoms in total. The molecule has 0 fully saturated rings. The van der Waals surface area contributed by atoms with Crippen LogP contribution in [0.15, 0.2) is 0 Å². The van der Waals surface area contributed by atoms with E-state index >= 15 is 0 Å². The number of carbonyl (C=O) groups is 2. The number of hydrogen-bond donors (Lipinski definition) is 2. The smallest absolute Gasteiger partial charge is 0.318 e. The van der Waals surface area contributed by atoms with E-state index < -0.39 is 11.9 Å². The summed E-state index contributed by atoms with van der Waals surface area (Å²) in [6.07, 6.45) is 5.85. The third-order valence-corrected chi connectivity index (χ3v) is 2.22. The second kappa shape index (κ2) is 6.72. The van der Waals surface area contributed by atoms with E-state index in [1.807, 2.05) is 6.92 Å². The molecule has 16 heavy (non-hydrogen) atoms. The standard InChI is InChI=1S/C11H18N2O3/c1-5-9(6-2)12-11(16)13(4)7-8(3)10(14)15/h1,8-9H,6-7H2,2-4H3,(H,12,16)(H,14,15). The van der Waals surface area contributed by atoms with Gasteiger partial charge in [-0.2, -0.15) is 0 Å². The minimum absolute atomic E-state index is 0.155. The van der Waals surface area contributed by atoms with Gasteiger partial charge in [0.2, 0.25) is 0 Å². The van der Waals surface area contributed by atoms with Crippen LogP contribution in [0.5, 0.6) is 0 Å². The molecule has 5 heteroatoms. The first-order valence-corrected chi connectivity index (χ1v) is 5.12. The Bertz CT molecular complexity index is 296. The maximum Gasteiger partial charge on any atom is 0.318 e. The third-order valence-electron chi connectivity index (χ3n) is 2.22. The number of hydrogen-bond acceptors (Lipinski definition) is 2. The molecule has 2 N–H and O–H groups in total. The molecule has 0 aliphatic carbocycles. The molecule has 0 aliphatic heterocycles. The summed E-state index contributed by atoms with van der Waals surface area (Å²) in [5.74, 6) is 0.916. The summed E-state index contributed by atoms with van der Waals surface area (Å²) < 4.78 is 0. The lowest BCUT2D eigenvalue weighted by Gasteiger charge is -2.21. The molecule has 0 rings (SSSR count). The quantitative estimate of drug-likeness (QED) is 0.680. The van der Waals surface area contributed by atoms with E-state index in [1.54, 1.807) is 6.92 Å². The molecule has 90 valence electrons. The second-order valence-electron chi connectivity index (χ2n) is 3.70. The highest BCUT2D eigenvalue weighted by Crippen LogP contribution is 1.99. The van der Waals surface area contributed by atoms with Gasteiger partial charge < -0.3 is 15.3 Å². The van der Waals surface area contributed by atoms with Crippen LogP contribution in [0.3, 0.4) is 0 Å². The van der Waals surface area contributed by atoms with Gasteiger partial charge in [0, 0.05) is 13.6 Å². The van der Waals surface area contributed by atoms with Gasteiger partial charge in [-0.05, 0) is 6.42 Å². The predicted molar refractivity (Wildman–Crippen MR) is 60.9 cm³/mol. The van der Waals surface area contributed by atoms with E-state index in [2.05, 4.69) is 11.2 Å². The molecule has 2 atom stereocenters. The van der Waals surface area contributed by atoms with Crippen LogP contribution >= 0.6 is 0 Å². The zero-order chi connectivity index (χ0) is 12.7. The molecule has 2 amide bonds. The van der Waals surface area contributed by atoms with Crippen LogP contribution in [0, 0.1) is 18.3 Å². The number of carboxylic acid groups (broad SMARTS) is 1. The van der Waals surface area contributed by atoms with Gasteiger partial charge in [0.1, 0.15) is 0 Å². The van der Waals surface area contributed by atoms with E-state index in [4.69, 9.17) is 11.5 Å². The van der Waals surface area contributed by atoms with E-state index in [1.165, 1.54) is 11.9 Å². The Morgan fingerprint density at radius 3 is 2.50 bits per heavy atom. The van der Waals surface area contributed by atoms with Crippen molar-refractivity contribution >= 4 is 12.0 Å². The fraction of sp³-hybridized carbons (Fsp3) is 0.636. The summed E-state index contributed by atoms with van der Waals surface area (Å²) in [6, 6.07) is -0.659. The number of nitrogens with one attached hydrogen (secondary N) is 1. The lowest BCUT2D eigenvalue weighted by atomic mass is 10.2. The molecule has 0 aromatic heterocycles. The first-order valence-electron chi connectivity index (χ1n) is 5.12. The molecule has 0 radical (unpaired) electrons. The van der Waals surface area contributed by atoms with Gasteiger partial charge in [0.15, 0.2) is 0 Å². The topological polar surface area (TPSA) is 69.6 Å². The van der Waals surface area contributed by atoms with Gasteiger partial charge in [-0.1, -0.05) is 19.8 Å². The first-order chi connectivity index (χ1) is 7.42. The summed E-state index contributed by atoms with van der Waals surface area (Å²) in [4.78, 5) is 23.5. The number of amides is 2. The van der Waals surface area contributed by atoms with Crippen molar-refractivity contribution in [1.29, 1.82) is 0 Å². The molecule has 0 saturated heterocycles. The molecular formula is C11H18N2O3. The number of rotatable bonds is 5. The normalized spacial score (nSPS) is 13.4. The van der Waals surface area contributed by atoms with Crippen LogP contribution in [0.4, 0.5) is 4.79 Å². The minimum atomic E-state index is -0.927. The number of carbonyl (C=O) groups excluding carboxylic acids is 1. The Morgan fingerprint density at radius 1 is 1.56 bits per heavy atom. The van der Waals surface area contributed by atoms with Crippen molar-refractivity contribution in [2.45, 2.75) is 26.3 Å². The number of terminal acetylenes is 1. The number of urea groups is 1. The third kappa shape index (κ3) is 4.69. The summed E-state index contributed by atoms with van der Waals surface area (Å²) in [5, 5.41) is 11.3. The van der Waals surface area contributed by atoms with Crippen LogP contribution in [0.1, 0.15) is 20.3 Å². The molecule has 0 spiro atoms. The van der Waals surface area contributed by atoms with Crippen molar-refractivity contribution in [3.63, 3.8) is 0 Å². The fourth-order valence-electron chi connectivity index (χ4n) is 1.09. The molecular weight excluding hydrogens is 208 g/mol. The van der Waals surface area contributed by atoms with E-state index in [0.717, 1.165) is 0 Å². The average molecular weight is 226 g/mol. The van der Waals surface area contributed by atoms with Crippen molar-refractivity contribution in [3.05, 3.63) is 0 Å². The Labute approximate surface area is 95.8 Å². The largest absolute Gasteiger partial charge is 0.481 e. The first kappa shape index (κ1) is 14.3. The summed E-state index contributed by atoms with van der Waals surface area (Å²) in [6.45, 7) is 3.57. The molecule has 0 aliphatic rings. The van der Waals surface area contributed by atoms with Crippen LogP contribution in [-0.4, -0.2) is 41.6 Å². The SMILES string of the molecule is C#CC(CC)NC(=O)N(C)CC(C)C(=O)O.